The maximum atomic E-state index is 12.9. The highest BCUT2D eigenvalue weighted by Crippen LogP contribution is 2.24. The van der Waals surface area contributed by atoms with Crippen LogP contribution in [0.15, 0.2) is 53.4 Å². The van der Waals surface area contributed by atoms with Gasteiger partial charge in [0, 0.05) is 45.2 Å². The zero-order chi connectivity index (χ0) is 23.3. The molecule has 4 rings (SSSR count). The summed E-state index contributed by atoms with van der Waals surface area (Å²) < 4.78 is 32.7. The molecule has 0 radical (unpaired) electrons. The number of benzene rings is 2. The molecule has 8 heteroatoms. The number of ether oxygens (including phenoxy) is 1. The number of carbonyl (C=O) groups excluding carboxylic acids is 1. The van der Waals surface area contributed by atoms with E-state index in [-0.39, 0.29) is 11.8 Å². The Morgan fingerprint density at radius 3 is 2.36 bits per heavy atom. The van der Waals surface area contributed by atoms with Crippen molar-refractivity contribution in [2.45, 2.75) is 37.8 Å². The monoisotopic (exact) mass is 471 g/mol. The highest BCUT2D eigenvalue weighted by molar-refractivity contribution is 7.89. The van der Waals surface area contributed by atoms with Crippen molar-refractivity contribution in [1.29, 1.82) is 0 Å². The van der Waals surface area contributed by atoms with E-state index in [1.54, 1.807) is 12.1 Å². The van der Waals surface area contributed by atoms with Crippen LogP contribution in [0.25, 0.3) is 0 Å². The van der Waals surface area contributed by atoms with Crippen LogP contribution in [-0.2, 0) is 32.6 Å². The van der Waals surface area contributed by atoms with E-state index in [2.05, 4.69) is 22.3 Å². The Labute approximate surface area is 196 Å². The average Bonchev–Trinajstić information content (AvgIpc) is 2.84. The Bertz CT molecular complexity index is 1040. The molecule has 0 spiro atoms. The third-order valence-electron chi connectivity index (χ3n) is 6.45. The van der Waals surface area contributed by atoms with Gasteiger partial charge in [-0.05, 0) is 43.0 Å². The molecule has 0 aromatic heterocycles. The van der Waals surface area contributed by atoms with Crippen molar-refractivity contribution in [3.8, 4) is 0 Å². The molecule has 7 nitrogen and oxygen atoms in total. The minimum atomic E-state index is -3.51. The number of nitrogens with one attached hydrogen (secondary N) is 1. The summed E-state index contributed by atoms with van der Waals surface area (Å²) in [5, 5.41) is 3.05. The Morgan fingerprint density at radius 2 is 1.67 bits per heavy atom. The van der Waals surface area contributed by atoms with Crippen LogP contribution >= 0.6 is 0 Å². The largest absolute Gasteiger partial charge is 0.379 e. The first-order valence-corrected chi connectivity index (χ1v) is 13.1. The van der Waals surface area contributed by atoms with Crippen LogP contribution in [0.2, 0.25) is 0 Å². The van der Waals surface area contributed by atoms with Crippen molar-refractivity contribution in [3.05, 3.63) is 65.2 Å². The van der Waals surface area contributed by atoms with Gasteiger partial charge in [0.1, 0.15) is 0 Å². The fourth-order valence-electron chi connectivity index (χ4n) is 4.41. The lowest BCUT2D eigenvalue weighted by atomic mass is 9.97. The van der Waals surface area contributed by atoms with E-state index in [9.17, 15) is 13.2 Å². The maximum absolute atomic E-state index is 12.9. The first-order valence-electron chi connectivity index (χ1n) is 11.6. The molecule has 2 saturated heterocycles. The van der Waals surface area contributed by atoms with Gasteiger partial charge in [-0.1, -0.05) is 42.0 Å². The van der Waals surface area contributed by atoms with Gasteiger partial charge in [0.05, 0.1) is 18.1 Å². The number of sulfonamides is 1. The van der Waals surface area contributed by atoms with Gasteiger partial charge in [-0.15, -0.1) is 0 Å². The van der Waals surface area contributed by atoms with Crippen molar-refractivity contribution < 1.29 is 17.9 Å². The third-order valence-corrected chi connectivity index (χ3v) is 8.36. The lowest BCUT2D eigenvalue weighted by Crippen LogP contribution is -2.42. The highest BCUT2D eigenvalue weighted by atomic mass is 32.2. The summed E-state index contributed by atoms with van der Waals surface area (Å²) in [5.74, 6) is -0.160. The summed E-state index contributed by atoms with van der Waals surface area (Å²) in [6, 6.07) is 15.2. The molecule has 0 aliphatic carbocycles. The maximum Gasteiger partial charge on any atom is 0.243 e. The summed E-state index contributed by atoms with van der Waals surface area (Å²) in [6.07, 6.45) is 1.07. The Kier molecular flexibility index (Phi) is 7.80. The predicted molar refractivity (Wildman–Crippen MR) is 127 cm³/mol. The Hall–Kier alpha value is -2.26. The lowest BCUT2D eigenvalue weighted by Gasteiger charge is -2.30. The van der Waals surface area contributed by atoms with Crippen LogP contribution in [0.5, 0.6) is 0 Å². The topological polar surface area (TPSA) is 79.0 Å². The molecule has 2 aromatic carbocycles. The molecule has 0 bridgehead atoms. The number of carbonyl (C=O) groups is 1. The molecule has 2 heterocycles. The molecule has 1 N–H and O–H groups in total. The van der Waals surface area contributed by atoms with E-state index >= 15 is 0 Å². The summed E-state index contributed by atoms with van der Waals surface area (Å²) >= 11 is 0. The van der Waals surface area contributed by atoms with E-state index in [0.717, 1.165) is 44.0 Å². The lowest BCUT2D eigenvalue weighted by molar-refractivity contribution is -0.126. The number of morpholine rings is 1. The molecule has 33 heavy (non-hydrogen) atoms. The first kappa shape index (κ1) is 23.9. The fourth-order valence-corrected chi connectivity index (χ4v) is 5.88. The summed E-state index contributed by atoms with van der Waals surface area (Å²) in [7, 11) is -3.51. The number of nitrogens with zero attached hydrogens (tertiary/aromatic N) is 2. The van der Waals surface area contributed by atoms with Crippen LogP contribution in [0.1, 0.15) is 29.5 Å². The second-order valence-electron chi connectivity index (χ2n) is 8.92. The van der Waals surface area contributed by atoms with E-state index in [4.69, 9.17) is 4.74 Å². The molecular formula is C25H33N3O4S. The van der Waals surface area contributed by atoms with E-state index in [1.165, 1.54) is 9.87 Å². The molecule has 178 valence electrons. The molecule has 2 aromatic rings. The normalized spacial score (nSPS) is 18.8. The molecular weight excluding hydrogens is 438 g/mol. The van der Waals surface area contributed by atoms with Crippen LogP contribution < -0.4 is 5.32 Å². The fraction of sp³-hybridized carbons (Fsp3) is 0.480. The number of piperidine rings is 1. The molecule has 1 amide bonds. The zero-order valence-electron chi connectivity index (χ0n) is 19.2. The zero-order valence-corrected chi connectivity index (χ0v) is 20.0. The van der Waals surface area contributed by atoms with E-state index in [1.807, 2.05) is 31.2 Å². The van der Waals surface area contributed by atoms with Gasteiger partial charge < -0.3 is 10.1 Å². The van der Waals surface area contributed by atoms with Crippen molar-refractivity contribution in [2.24, 2.45) is 5.92 Å². The van der Waals surface area contributed by atoms with Gasteiger partial charge in [0.25, 0.3) is 0 Å². The quantitative estimate of drug-likeness (QED) is 0.672. The predicted octanol–water partition coefficient (Wildman–Crippen LogP) is 2.54. The number of amides is 1. The van der Waals surface area contributed by atoms with Gasteiger partial charge in [0.15, 0.2) is 0 Å². The second-order valence-corrected chi connectivity index (χ2v) is 10.9. The molecule has 2 aliphatic rings. The number of hydrogen-bond donors (Lipinski definition) is 1. The molecule has 0 atom stereocenters. The third kappa shape index (κ3) is 6.20. The van der Waals surface area contributed by atoms with Crippen LogP contribution in [-0.4, -0.2) is 62.9 Å². The SMILES string of the molecule is Cc1ccc(S(=O)(=O)N2CCC(C(=O)NCc3cccc(CN4CCOCC4)c3)CC2)cc1. The van der Waals surface area contributed by atoms with E-state index < -0.39 is 10.0 Å². The minimum Gasteiger partial charge on any atom is -0.379 e. The summed E-state index contributed by atoms with van der Waals surface area (Å²) in [4.78, 5) is 15.4. The van der Waals surface area contributed by atoms with Crippen molar-refractivity contribution >= 4 is 15.9 Å². The summed E-state index contributed by atoms with van der Waals surface area (Å²) in [5.41, 5.74) is 3.34. The van der Waals surface area contributed by atoms with Gasteiger partial charge in [0.2, 0.25) is 15.9 Å². The first-order chi connectivity index (χ1) is 15.9. The van der Waals surface area contributed by atoms with Gasteiger partial charge in [-0.25, -0.2) is 8.42 Å². The van der Waals surface area contributed by atoms with E-state index in [0.29, 0.717) is 37.4 Å². The molecule has 2 fully saturated rings. The van der Waals surface area contributed by atoms with Crippen LogP contribution in [0.3, 0.4) is 0 Å². The highest BCUT2D eigenvalue weighted by Gasteiger charge is 2.32. The molecule has 2 aliphatic heterocycles. The minimum absolute atomic E-state index is 0.000895. The van der Waals surface area contributed by atoms with Crippen molar-refractivity contribution in [2.75, 3.05) is 39.4 Å². The van der Waals surface area contributed by atoms with Crippen LogP contribution in [0, 0.1) is 12.8 Å². The summed E-state index contributed by atoms with van der Waals surface area (Å²) in [6.45, 7) is 7.48. The van der Waals surface area contributed by atoms with Crippen molar-refractivity contribution in [3.63, 3.8) is 0 Å². The Morgan fingerprint density at radius 1 is 1.00 bits per heavy atom. The van der Waals surface area contributed by atoms with Gasteiger partial charge in [-0.2, -0.15) is 4.31 Å². The smallest absolute Gasteiger partial charge is 0.243 e. The molecule has 0 saturated carbocycles. The molecule has 0 unspecified atom stereocenters. The van der Waals surface area contributed by atoms with Gasteiger partial charge in [-0.3, -0.25) is 9.69 Å². The van der Waals surface area contributed by atoms with Crippen molar-refractivity contribution in [1.82, 2.24) is 14.5 Å². The number of aryl methyl sites for hydroxylation is 1. The second kappa shape index (κ2) is 10.8. The number of hydrogen-bond acceptors (Lipinski definition) is 5. The van der Waals surface area contributed by atoms with Gasteiger partial charge >= 0.3 is 0 Å². The van der Waals surface area contributed by atoms with Crippen LogP contribution in [0.4, 0.5) is 0 Å². The number of rotatable bonds is 7. The average molecular weight is 472 g/mol. The standard InChI is InChI=1S/C25H33N3O4S/c1-20-5-7-24(8-6-20)33(30,31)28-11-9-23(10-12-28)25(29)26-18-21-3-2-4-22(17-21)19-27-13-15-32-16-14-27/h2-8,17,23H,9-16,18-19H2,1H3,(H,26,29). The Balaban J connectivity index is 1.26.